The number of nitrogens with zero attached hydrogens (tertiary/aromatic N) is 3. The topological polar surface area (TPSA) is 73.3 Å². The van der Waals surface area contributed by atoms with Crippen molar-refractivity contribution in [3.63, 3.8) is 0 Å². The number of halogens is 3. The summed E-state index contributed by atoms with van der Waals surface area (Å²) in [5.74, 6) is 0. The third kappa shape index (κ3) is 5.94. The van der Waals surface area contributed by atoms with E-state index in [-0.39, 0.29) is 35.7 Å². The molecule has 2 aliphatic rings. The van der Waals surface area contributed by atoms with Gasteiger partial charge in [0.25, 0.3) is 0 Å². The van der Waals surface area contributed by atoms with Gasteiger partial charge < -0.3 is 14.7 Å². The van der Waals surface area contributed by atoms with Crippen molar-refractivity contribution in [2.24, 2.45) is 0 Å². The van der Waals surface area contributed by atoms with Gasteiger partial charge in [-0.1, -0.05) is 24.3 Å². The van der Waals surface area contributed by atoms with Crippen LogP contribution >= 0.6 is 12.6 Å². The van der Waals surface area contributed by atoms with Gasteiger partial charge in [0.1, 0.15) is 0 Å². The molecule has 7 nitrogen and oxygen atoms in total. The third-order valence-corrected chi connectivity index (χ3v) is 9.50. The second-order valence-electron chi connectivity index (χ2n) is 9.74. The number of hydrogen-bond acceptors (Lipinski definition) is 7. The largest absolute Gasteiger partial charge is 0.421 e. The van der Waals surface area contributed by atoms with Crippen LogP contribution < -0.4 is 4.90 Å². The number of ether oxygens (including phenoxy) is 1. The Balaban J connectivity index is 1.61. The zero-order valence-electron chi connectivity index (χ0n) is 20.7. The van der Waals surface area contributed by atoms with Crippen LogP contribution in [0.15, 0.2) is 58.3 Å². The van der Waals surface area contributed by atoms with Crippen LogP contribution in [0.1, 0.15) is 19.4 Å². The number of anilines is 1. The molecule has 12 heteroatoms. The molecule has 2 saturated heterocycles. The van der Waals surface area contributed by atoms with Gasteiger partial charge in [-0.05, 0) is 43.7 Å². The first kappa shape index (κ1) is 28.2. The number of alkyl halides is 3. The lowest BCUT2D eigenvalue weighted by Gasteiger charge is -2.45. The van der Waals surface area contributed by atoms with Crippen LogP contribution in [0.25, 0.3) is 0 Å². The maximum Gasteiger partial charge on any atom is 0.421 e. The van der Waals surface area contributed by atoms with Gasteiger partial charge in [0.2, 0.25) is 10.0 Å². The van der Waals surface area contributed by atoms with Gasteiger partial charge in [0.05, 0.1) is 23.6 Å². The van der Waals surface area contributed by atoms with Crippen LogP contribution in [0.4, 0.5) is 18.9 Å². The SMILES string of the molecule is C[C@H]1CN(C[C@@H]2CN(S(=O)(=O)c3ccccc3S)CCN2c2ccc([C@@](C)(O)C(F)(F)F)cc2)CCO1. The van der Waals surface area contributed by atoms with Crippen molar-refractivity contribution >= 4 is 28.3 Å². The molecule has 1 N–H and O–H groups in total. The number of hydrogen-bond donors (Lipinski definition) is 2. The Morgan fingerprint density at radius 3 is 2.35 bits per heavy atom. The smallest absolute Gasteiger partial charge is 0.376 e. The highest BCUT2D eigenvalue weighted by atomic mass is 32.2. The van der Waals surface area contributed by atoms with Gasteiger partial charge in [-0.2, -0.15) is 17.5 Å². The minimum absolute atomic E-state index is 0.0468. The van der Waals surface area contributed by atoms with Crippen molar-refractivity contribution in [2.75, 3.05) is 50.8 Å². The Hall–Kier alpha value is -1.83. The predicted octanol–water partition coefficient (Wildman–Crippen LogP) is 3.35. The number of rotatable bonds is 6. The summed E-state index contributed by atoms with van der Waals surface area (Å²) in [4.78, 5) is 4.77. The minimum Gasteiger partial charge on any atom is -0.376 e. The summed E-state index contributed by atoms with van der Waals surface area (Å²) in [6.07, 6.45) is -4.77. The summed E-state index contributed by atoms with van der Waals surface area (Å²) < 4.78 is 74.0. The summed E-state index contributed by atoms with van der Waals surface area (Å²) in [5, 5.41) is 10.0. The standard InChI is InChI=1S/C25H32F3N3O4S2/c1-18-15-29(13-14-35-18)16-21-17-30(37(33,34)23-6-4-3-5-22(23)36)11-12-31(21)20-9-7-19(8-10-20)24(2,32)25(26,27)28/h3-10,18,21,32,36H,11-17H2,1-2H3/t18-,21+,24+/m0/s1. The number of aliphatic hydroxyl groups is 1. The molecule has 2 aromatic rings. The molecule has 3 atom stereocenters. The van der Waals surface area contributed by atoms with Crippen LogP contribution in [0.3, 0.4) is 0 Å². The third-order valence-electron chi connectivity index (χ3n) is 7.04. The number of morpholine rings is 1. The molecule has 0 aromatic heterocycles. The zero-order chi connectivity index (χ0) is 27.0. The molecule has 0 radical (unpaired) electrons. The molecule has 0 amide bonds. The van der Waals surface area contributed by atoms with Crippen LogP contribution in [-0.2, 0) is 20.4 Å². The summed E-state index contributed by atoms with van der Waals surface area (Å²) in [5.41, 5.74) is -2.56. The molecule has 0 spiro atoms. The average molecular weight is 560 g/mol. The van der Waals surface area contributed by atoms with Crippen LogP contribution in [0.5, 0.6) is 0 Å². The molecular formula is C25H32F3N3O4S2. The van der Waals surface area contributed by atoms with Gasteiger partial charge in [0.15, 0.2) is 5.60 Å². The van der Waals surface area contributed by atoms with Crippen molar-refractivity contribution in [2.45, 2.75) is 47.6 Å². The summed E-state index contributed by atoms with van der Waals surface area (Å²) >= 11 is 4.34. The van der Waals surface area contributed by atoms with E-state index in [2.05, 4.69) is 17.5 Å². The van der Waals surface area contributed by atoms with E-state index in [0.29, 0.717) is 43.4 Å². The molecular weight excluding hydrogens is 527 g/mol. The van der Waals surface area contributed by atoms with Gasteiger partial charge in [-0.15, -0.1) is 12.6 Å². The molecule has 0 saturated carbocycles. The number of piperazine rings is 1. The molecule has 2 heterocycles. The highest BCUT2D eigenvalue weighted by Gasteiger charge is 2.51. The lowest BCUT2D eigenvalue weighted by molar-refractivity contribution is -0.258. The fraction of sp³-hybridized carbons (Fsp3) is 0.520. The first-order valence-corrected chi connectivity index (χ1v) is 14.0. The predicted molar refractivity (Wildman–Crippen MR) is 138 cm³/mol. The van der Waals surface area contributed by atoms with Gasteiger partial charge in [-0.25, -0.2) is 8.42 Å². The van der Waals surface area contributed by atoms with E-state index in [1.165, 1.54) is 22.5 Å². The molecule has 4 rings (SSSR count). The molecule has 204 valence electrons. The molecule has 0 bridgehead atoms. The van der Waals surface area contributed by atoms with E-state index >= 15 is 0 Å². The second-order valence-corrected chi connectivity index (χ2v) is 12.1. The van der Waals surface area contributed by atoms with E-state index in [1.807, 2.05) is 11.8 Å². The first-order chi connectivity index (χ1) is 17.3. The number of benzene rings is 2. The summed E-state index contributed by atoms with van der Waals surface area (Å²) in [6, 6.07) is 12.0. The monoisotopic (exact) mass is 559 g/mol. The molecule has 0 aliphatic carbocycles. The average Bonchev–Trinajstić information content (AvgIpc) is 2.83. The lowest BCUT2D eigenvalue weighted by Crippen LogP contribution is -2.59. The van der Waals surface area contributed by atoms with Crippen molar-refractivity contribution < 1.29 is 31.4 Å². The Labute approximate surface area is 221 Å². The van der Waals surface area contributed by atoms with Crippen molar-refractivity contribution in [1.82, 2.24) is 9.21 Å². The number of thiol groups is 1. The van der Waals surface area contributed by atoms with Gasteiger partial charge in [-0.3, -0.25) is 4.90 Å². The molecule has 0 unspecified atom stereocenters. The van der Waals surface area contributed by atoms with Crippen molar-refractivity contribution in [3.05, 3.63) is 54.1 Å². The quantitative estimate of drug-likeness (QED) is 0.529. The highest BCUT2D eigenvalue weighted by Crippen LogP contribution is 2.39. The van der Waals surface area contributed by atoms with Crippen LogP contribution in [0, 0.1) is 0 Å². The Bertz CT molecular complexity index is 1190. The molecule has 2 aliphatic heterocycles. The molecule has 2 fully saturated rings. The van der Waals surface area contributed by atoms with E-state index in [1.54, 1.807) is 30.3 Å². The van der Waals surface area contributed by atoms with E-state index < -0.39 is 21.8 Å². The Morgan fingerprint density at radius 2 is 1.73 bits per heavy atom. The van der Waals surface area contributed by atoms with E-state index in [4.69, 9.17) is 4.74 Å². The lowest BCUT2D eigenvalue weighted by atomic mass is 9.95. The molecule has 37 heavy (non-hydrogen) atoms. The normalized spacial score (nSPS) is 24.1. The summed E-state index contributed by atoms with van der Waals surface area (Å²) in [6.45, 7) is 6.02. The van der Waals surface area contributed by atoms with Crippen LogP contribution in [0.2, 0.25) is 0 Å². The first-order valence-electron chi connectivity index (χ1n) is 12.1. The molecule has 2 aromatic carbocycles. The van der Waals surface area contributed by atoms with Gasteiger partial charge in [0, 0.05) is 49.9 Å². The highest BCUT2D eigenvalue weighted by molar-refractivity contribution is 7.90. The zero-order valence-corrected chi connectivity index (χ0v) is 22.4. The van der Waals surface area contributed by atoms with Crippen LogP contribution in [-0.4, -0.2) is 86.9 Å². The minimum atomic E-state index is -4.81. The Morgan fingerprint density at radius 1 is 1.05 bits per heavy atom. The van der Waals surface area contributed by atoms with Crippen molar-refractivity contribution in [3.8, 4) is 0 Å². The maximum atomic E-state index is 13.5. The fourth-order valence-corrected chi connectivity index (χ4v) is 6.91. The van der Waals surface area contributed by atoms with E-state index in [0.717, 1.165) is 6.92 Å². The second kappa shape index (κ2) is 10.7. The van der Waals surface area contributed by atoms with E-state index in [9.17, 15) is 26.7 Å². The fourth-order valence-electron chi connectivity index (χ4n) is 4.85. The van der Waals surface area contributed by atoms with Gasteiger partial charge >= 0.3 is 6.18 Å². The Kier molecular flexibility index (Phi) is 8.18. The maximum absolute atomic E-state index is 13.5. The number of sulfonamides is 1. The summed E-state index contributed by atoms with van der Waals surface area (Å²) in [7, 11) is -3.80. The van der Waals surface area contributed by atoms with Crippen molar-refractivity contribution in [1.29, 1.82) is 0 Å².